The van der Waals surface area contributed by atoms with E-state index in [0.29, 0.717) is 49.0 Å². The number of halogens is 3. The molecule has 9 nitrogen and oxygen atoms in total. The maximum Gasteiger partial charge on any atom is 0.419 e. The van der Waals surface area contributed by atoms with Crippen molar-refractivity contribution >= 4 is 31.0 Å². The van der Waals surface area contributed by atoms with Gasteiger partial charge in [-0.3, -0.25) is 0 Å². The summed E-state index contributed by atoms with van der Waals surface area (Å²) in [6.45, 7) is 13.4. The number of hydrogen-bond acceptors (Lipinski definition) is 7. The number of fused-ring (bicyclic) bond motifs is 1. The number of alkyl halides is 3. The molecule has 2 aromatic heterocycles. The first-order valence-electron chi connectivity index (χ1n) is 14.5. The average Bonchev–Trinajstić information content (AvgIpc) is 3.26. The summed E-state index contributed by atoms with van der Waals surface area (Å²) in [6, 6.07) is 5.82. The third-order valence-corrected chi connectivity index (χ3v) is 8.82. The van der Waals surface area contributed by atoms with E-state index in [1.807, 2.05) is 0 Å². The summed E-state index contributed by atoms with van der Waals surface area (Å²) in [4.78, 5) is 22.6. The van der Waals surface area contributed by atoms with E-state index in [9.17, 15) is 23.1 Å². The third-order valence-electron chi connectivity index (χ3n) is 7.11. The summed E-state index contributed by atoms with van der Waals surface area (Å²) in [6.07, 6.45) is -1.32. The molecular formula is C30H42F3N5O4Si. The minimum Gasteiger partial charge on any atom is -0.444 e. The van der Waals surface area contributed by atoms with E-state index >= 15 is 0 Å². The summed E-state index contributed by atoms with van der Waals surface area (Å²) in [5, 5.41) is 13.4. The summed E-state index contributed by atoms with van der Waals surface area (Å²) < 4.78 is 56.0. The minimum absolute atomic E-state index is 0.0401. The number of rotatable bonds is 9. The van der Waals surface area contributed by atoms with Gasteiger partial charge in [-0.1, -0.05) is 31.8 Å². The Balaban J connectivity index is 1.67. The van der Waals surface area contributed by atoms with Gasteiger partial charge in [-0.25, -0.2) is 14.8 Å². The molecule has 1 saturated heterocycles. The fraction of sp³-hybridized carbons (Fsp3) is 0.567. The van der Waals surface area contributed by atoms with Crippen LogP contribution in [0.1, 0.15) is 44.7 Å². The van der Waals surface area contributed by atoms with Crippen molar-refractivity contribution in [2.75, 3.05) is 25.0 Å². The molecule has 0 saturated carbocycles. The van der Waals surface area contributed by atoms with Gasteiger partial charge in [0.1, 0.15) is 17.9 Å². The zero-order valence-corrected chi connectivity index (χ0v) is 26.7. The van der Waals surface area contributed by atoms with Crippen LogP contribution in [0.5, 0.6) is 0 Å². The van der Waals surface area contributed by atoms with Crippen molar-refractivity contribution in [2.24, 2.45) is 0 Å². The van der Waals surface area contributed by atoms with Crippen molar-refractivity contribution in [3.63, 3.8) is 0 Å². The summed E-state index contributed by atoms with van der Waals surface area (Å²) in [7, 11) is -1.33. The Morgan fingerprint density at radius 2 is 1.95 bits per heavy atom. The lowest BCUT2D eigenvalue weighted by Gasteiger charge is -2.34. The Morgan fingerprint density at radius 1 is 1.21 bits per heavy atom. The molecule has 1 fully saturated rings. The number of carbonyl (C=O) groups excluding carboxylic acids is 1. The SMILES string of the molecule is CC(C)(C)OC(=O)N1CCC[C@H](Nc2ncc(C(F)(F)F)c(-c3cn(COCC[Si](C)(C)C)c4cc(CO)ccc34)n2)C1. The number of aliphatic hydroxyl groups is 1. The maximum absolute atomic E-state index is 14.3. The van der Waals surface area contributed by atoms with Crippen LogP contribution in [0.4, 0.5) is 23.9 Å². The van der Waals surface area contributed by atoms with Gasteiger partial charge in [0.15, 0.2) is 0 Å². The lowest BCUT2D eigenvalue weighted by molar-refractivity contribution is -0.137. The van der Waals surface area contributed by atoms with E-state index in [-0.39, 0.29) is 36.6 Å². The number of anilines is 1. The Labute approximate surface area is 251 Å². The number of hydrogen-bond donors (Lipinski definition) is 2. The van der Waals surface area contributed by atoms with Crippen molar-refractivity contribution in [1.29, 1.82) is 0 Å². The number of aliphatic hydroxyl groups excluding tert-OH is 1. The fourth-order valence-corrected chi connectivity index (χ4v) is 5.66. The molecule has 236 valence electrons. The van der Waals surface area contributed by atoms with Crippen LogP contribution in [0.3, 0.4) is 0 Å². The lowest BCUT2D eigenvalue weighted by Crippen LogP contribution is -2.47. The highest BCUT2D eigenvalue weighted by molar-refractivity contribution is 6.76. The second kappa shape index (κ2) is 12.8. The number of carbonyl (C=O) groups is 1. The van der Waals surface area contributed by atoms with Crippen LogP contribution in [0.25, 0.3) is 22.2 Å². The van der Waals surface area contributed by atoms with E-state index in [1.54, 1.807) is 54.6 Å². The number of nitrogens with zero attached hydrogens (tertiary/aromatic N) is 4. The monoisotopic (exact) mass is 621 g/mol. The fourth-order valence-electron chi connectivity index (χ4n) is 4.91. The van der Waals surface area contributed by atoms with Gasteiger partial charge in [0.25, 0.3) is 0 Å². The number of likely N-dealkylation sites (tertiary alicyclic amines) is 1. The smallest absolute Gasteiger partial charge is 0.419 e. The Hall–Kier alpha value is -3.16. The summed E-state index contributed by atoms with van der Waals surface area (Å²) in [5.74, 6) is 0.0401. The average molecular weight is 622 g/mol. The van der Waals surface area contributed by atoms with Gasteiger partial charge in [0.05, 0.1) is 17.8 Å². The Morgan fingerprint density at radius 3 is 2.60 bits per heavy atom. The molecule has 1 aliphatic rings. The predicted molar refractivity (Wildman–Crippen MR) is 162 cm³/mol. The number of ether oxygens (including phenoxy) is 2. The largest absolute Gasteiger partial charge is 0.444 e. The van der Waals surface area contributed by atoms with Crippen molar-refractivity contribution < 1.29 is 32.5 Å². The van der Waals surface area contributed by atoms with Crippen molar-refractivity contribution in [2.45, 2.75) is 90.5 Å². The number of piperidine rings is 1. The molecule has 1 atom stereocenters. The molecule has 43 heavy (non-hydrogen) atoms. The molecule has 2 N–H and O–H groups in total. The molecule has 0 bridgehead atoms. The minimum atomic E-state index is -4.69. The lowest BCUT2D eigenvalue weighted by atomic mass is 10.0. The van der Waals surface area contributed by atoms with Gasteiger partial charge in [-0.2, -0.15) is 13.2 Å². The van der Waals surface area contributed by atoms with Crippen LogP contribution < -0.4 is 5.32 Å². The Kier molecular flexibility index (Phi) is 9.77. The maximum atomic E-state index is 14.3. The molecule has 0 unspecified atom stereocenters. The van der Waals surface area contributed by atoms with Crippen molar-refractivity contribution in [3.05, 3.63) is 41.7 Å². The molecule has 3 heterocycles. The second-order valence-electron chi connectivity index (χ2n) is 13.2. The summed E-state index contributed by atoms with van der Waals surface area (Å²) >= 11 is 0. The van der Waals surface area contributed by atoms with E-state index in [1.165, 1.54) is 0 Å². The van der Waals surface area contributed by atoms with Crippen LogP contribution in [0.2, 0.25) is 25.7 Å². The highest BCUT2D eigenvalue weighted by Crippen LogP contribution is 2.40. The van der Waals surface area contributed by atoms with E-state index in [2.05, 4.69) is 34.9 Å². The first-order chi connectivity index (χ1) is 20.0. The van der Waals surface area contributed by atoms with E-state index < -0.39 is 31.5 Å². The molecule has 0 radical (unpaired) electrons. The molecule has 0 spiro atoms. The first-order valence-corrected chi connectivity index (χ1v) is 18.2. The zero-order chi connectivity index (χ0) is 31.6. The van der Waals surface area contributed by atoms with E-state index in [0.717, 1.165) is 12.2 Å². The van der Waals surface area contributed by atoms with Crippen molar-refractivity contribution in [3.8, 4) is 11.3 Å². The third kappa shape index (κ3) is 8.70. The molecule has 1 amide bonds. The first kappa shape index (κ1) is 32.7. The van der Waals surface area contributed by atoms with Crippen LogP contribution in [0.15, 0.2) is 30.6 Å². The van der Waals surface area contributed by atoms with Crippen LogP contribution >= 0.6 is 0 Å². The van der Waals surface area contributed by atoms with Gasteiger partial charge in [-0.15, -0.1) is 0 Å². The molecule has 13 heteroatoms. The number of amides is 1. The van der Waals surface area contributed by atoms with Gasteiger partial charge in [-0.05, 0) is 51.3 Å². The predicted octanol–water partition coefficient (Wildman–Crippen LogP) is 6.73. The van der Waals surface area contributed by atoms with Crippen LogP contribution in [-0.2, 0) is 29.0 Å². The normalized spacial score (nSPS) is 16.5. The molecule has 1 aromatic carbocycles. The van der Waals surface area contributed by atoms with Gasteiger partial charge in [0.2, 0.25) is 5.95 Å². The quantitative estimate of drug-likeness (QED) is 0.202. The highest BCUT2D eigenvalue weighted by Gasteiger charge is 2.37. The van der Waals surface area contributed by atoms with Gasteiger partial charge < -0.3 is 29.4 Å². The number of aromatic nitrogens is 3. The second-order valence-corrected chi connectivity index (χ2v) is 18.9. The van der Waals surface area contributed by atoms with E-state index in [4.69, 9.17) is 9.47 Å². The summed E-state index contributed by atoms with van der Waals surface area (Å²) in [5.41, 5.74) is -0.302. The Bertz CT molecular complexity index is 1430. The standard InChI is InChI=1S/C30H42F3N5O4Si/c1-29(2,3)42-28(40)37-11-7-8-21(16-37)35-27-34-15-24(30(31,32)33)26(36-27)23-17-38(19-41-12-13-43(4,5)6)25-14-20(18-39)9-10-22(23)25/h9-10,14-15,17,21,39H,7-8,11-13,16,18-19H2,1-6H3,(H,34,35,36)/t21-/m0/s1. The molecule has 1 aliphatic heterocycles. The number of benzene rings is 1. The van der Waals surface area contributed by atoms with Crippen molar-refractivity contribution in [1.82, 2.24) is 19.4 Å². The zero-order valence-electron chi connectivity index (χ0n) is 25.7. The molecular weight excluding hydrogens is 579 g/mol. The molecule has 4 rings (SSSR count). The molecule has 0 aliphatic carbocycles. The van der Waals surface area contributed by atoms with Crippen LogP contribution in [0, 0.1) is 0 Å². The van der Waals surface area contributed by atoms with Gasteiger partial charge >= 0.3 is 12.3 Å². The number of nitrogens with one attached hydrogen (secondary N) is 1. The highest BCUT2D eigenvalue weighted by atomic mass is 28.3. The van der Waals surface area contributed by atoms with Gasteiger partial charge in [0, 0.05) is 57.2 Å². The van der Waals surface area contributed by atoms with Crippen LogP contribution in [-0.4, -0.2) is 70.0 Å². The topological polar surface area (TPSA) is 102 Å². The molecule has 3 aromatic rings.